The van der Waals surface area contributed by atoms with Crippen LogP contribution in [0.2, 0.25) is 0 Å². The van der Waals surface area contributed by atoms with E-state index in [2.05, 4.69) is 5.32 Å². The first-order valence-electron chi connectivity index (χ1n) is 6.69. The molecule has 2 amide bonds. The van der Waals surface area contributed by atoms with E-state index in [1.807, 2.05) is 31.2 Å². The number of anilines is 1. The molecule has 1 atom stereocenters. The molecule has 1 N–H and O–H groups in total. The zero-order valence-electron chi connectivity index (χ0n) is 12.4. The monoisotopic (exact) mass is 275 g/mol. The summed E-state index contributed by atoms with van der Waals surface area (Å²) in [7, 11) is 5.28. The van der Waals surface area contributed by atoms with Crippen LogP contribution in [0.5, 0.6) is 0 Å². The van der Waals surface area contributed by atoms with Crippen molar-refractivity contribution in [3.05, 3.63) is 29.8 Å². The molecule has 1 aliphatic heterocycles. The number of likely N-dealkylation sites (tertiary alicyclic amines) is 1. The highest BCUT2D eigenvalue weighted by molar-refractivity contribution is 6.15. The summed E-state index contributed by atoms with van der Waals surface area (Å²) in [6.07, 6.45) is 0.507. The van der Waals surface area contributed by atoms with Crippen LogP contribution in [0.15, 0.2) is 24.3 Å². The lowest BCUT2D eigenvalue weighted by Crippen LogP contribution is -2.58. The Labute approximate surface area is 119 Å². The van der Waals surface area contributed by atoms with Crippen molar-refractivity contribution in [1.29, 1.82) is 0 Å². The fraction of sp³-hybridized carbons (Fsp3) is 0.467. The third kappa shape index (κ3) is 2.18. The van der Waals surface area contributed by atoms with Gasteiger partial charge in [-0.1, -0.05) is 18.2 Å². The maximum Gasteiger partial charge on any atom is 0.254 e. The van der Waals surface area contributed by atoms with E-state index in [9.17, 15) is 9.59 Å². The van der Waals surface area contributed by atoms with Crippen LogP contribution in [-0.2, 0) is 9.59 Å². The first-order chi connectivity index (χ1) is 9.39. The topological polar surface area (TPSA) is 52.7 Å². The number of aryl methyl sites for hydroxylation is 1. The van der Waals surface area contributed by atoms with Crippen molar-refractivity contribution in [3.63, 3.8) is 0 Å². The number of nitrogens with zero attached hydrogens (tertiary/aromatic N) is 2. The largest absolute Gasteiger partial charge is 0.344 e. The van der Waals surface area contributed by atoms with Crippen molar-refractivity contribution in [2.75, 3.05) is 33.0 Å². The van der Waals surface area contributed by atoms with Crippen LogP contribution in [0.25, 0.3) is 0 Å². The lowest BCUT2D eigenvalue weighted by atomic mass is 9.94. The maximum absolute atomic E-state index is 12.7. The summed E-state index contributed by atoms with van der Waals surface area (Å²) in [6.45, 7) is 2.53. The molecule has 5 heteroatoms. The zero-order valence-corrected chi connectivity index (χ0v) is 12.4. The number of carbonyl (C=O) groups excluding carboxylic acids is 2. The molecule has 0 bridgehead atoms. The Morgan fingerprint density at radius 2 is 2.00 bits per heavy atom. The van der Waals surface area contributed by atoms with Crippen molar-refractivity contribution in [2.24, 2.45) is 0 Å². The highest BCUT2D eigenvalue weighted by Crippen LogP contribution is 2.29. The number of amides is 2. The molecule has 1 fully saturated rings. The van der Waals surface area contributed by atoms with Crippen molar-refractivity contribution < 1.29 is 9.59 Å². The minimum atomic E-state index is -1.10. The molecule has 0 saturated carbocycles. The van der Waals surface area contributed by atoms with Gasteiger partial charge in [0.1, 0.15) is 0 Å². The molecule has 1 heterocycles. The highest BCUT2D eigenvalue weighted by atomic mass is 16.2. The smallest absolute Gasteiger partial charge is 0.254 e. The van der Waals surface area contributed by atoms with Gasteiger partial charge in [-0.2, -0.15) is 0 Å². The number of hydrogen-bond donors (Lipinski definition) is 1. The molecule has 0 spiro atoms. The van der Waals surface area contributed by atoms with E-state index in [0.717, 1.165) is 11.3 Å². The van der Waals surface area contributed by atoms with Crippen molar-refractivity contribution in [3.8, 4) is 0 Å². The minimum absolute atomic E-state index is 0.145. The molecule has 0 aromatic heterocycles. The zero-order chi connectivity index (χ0) is 14.9. The molecule has 1 aromatic carbocycles. The Morgan fingerprint density at radius 3 is 2.50 bits per heavy atom. The van der Waals surface area contributed by atoms with Crippen LogP contribution in [0.4, 0.5) is 5.69 Å². The fourth-order valence-corrected chi connectivity index (χ4v) is 2.62. The van der Waals surface area contributed by atoms with Gasteiger partial charge in [0, 0.05) is 25.7 Å². The van der Waals surface area contributed by atoms with Gasteiger partial charge in [-0.3, -0.25) is 14.5 Å². The molecule has 2 rings (SSSR count). The average Bonchev–Trinajstić information content (AvgIpc) is 2.70. The second-order valence-corrected chi connectivity index (χ2v) is 5.50. The van der Waals surface area contributed by atoms with Crippen LogP contribution in [0.3, 0.4) is 0 Å². The molecule has 108 valence electrons. The average molecular weight is 275 g/mol. The summed E-state index contributed by atoms with van der Waals surface area (Å²) >= 11 is 0. The van der Waals surface area contributed by atoms with E-state index in [4.69, 9.17) is 0 Å². The first-order valence-corrected chi connectivity index (χ1v) is 6.69. The van der Waals surface area contributed by atoms with Gasteiger partial charge in [0.05, 0.1) is 0 Å². The van der Waals surface area contributed by atoms with Crippen LogP contribution in [0, 0.1) is 6.92 Å². The molecule has 5 nitrogen and oxygen atoms in total. The molecule has 1 aliphatic rings. The number of likely N-dealkylation sites (N-methyl/N-ethyl adjacent to an activating group) is 2. The Bertz CT molecular complexity index is 542. The van der Waals surface area contributed by atoms with Crippen LogP contribution >= 0.6 is 0 Å². The van der Waals surface area contributed by atoms with E-state index in [0.29, 0.717) is 13.0 Å². The maximum atomic E-state index is 12.7. The number of para-hydroxylation sites is 1. The number of benzene rings is 1. The third-order valence-electron chi connectivity index (χ3n) is 4.04. The van der Waals surface area contributed by atoms with Crippen LogP contribution in [0.1, 0.15) is 12.0 Å². The Balaban J connectivity index is 2.30. The predicted molar refractivity (Wildman–Crippen MR) is 78.5 cm³/mol. The second kappa shape index (κ2) is 5.25. The van der Waals surface area contributed by atoms with Crippen molar-refractivity contribution >= 4 is 17.5 Å². The summed E-state index contributed by atoms with van der Waals surface area (Å²) in [5.74, 6) is -0.403. The quantitative estimate of drug-likeness (QED) is 0.840. The van der Waals surface area contributed by atoms with E-state index in [1.165, 1.54) is 0 Å². The molecule has 0 aliphatic carbocycles. The lowest BCUT2D eigenvalue weighted by Gasteiger charge is -2.32. The van der Waals surface area contributed by atoms with Gasteiger partial charge in [-0.15, -0.1) is 0 Å². The summed E-state index contributed by atoms with van der Waals surface area (Å²) < 4.78 is 0. The highest BCUT2D eigenvalue weighted by Gasteiger charge is 2.53. The van der Waals surface area contributed by atoms with Gasteiger partial charge < -0.3 is 10.2 Å². The molecule has 1 saturated heterocycles. The van der Waals surface area contributed by atoms with E-state index >= 15 is 0 Å². The van der Waals surface area contributed by atoms with E-state index in [1.54, 1.807) is 30.9 Å². The van der Waals surface area contributed by atoms with Gasteiger partial charge in [0.15, 0.2) is 5.54 Å². The number of nitrogens with one attached hydrogen (secondary N) is 1. The normalized spacial score (nSPS) is 22.4. The van der Waals surface area contributed by atoms with Crippen molar-refractivity contribution in [2.45, 2.75) is 18.9 Å². The predicted octanol–water partition coefficient (Wildman–Crippen LogP) is 1.10. The summed E-state index contributed by atoms with van der Waals surface area (Å²) in [6, 6.07) is 7.56. The second-order valence-electron chi connectivity index (χ2n) is 5.50. The molecular formula is C15H21N3O2. The van der Waals surface area contributed by atoms with Gasteiger partial charge in [-0.25, -0.2) is 0 Å². The fourth-order valence-electron chi connectivity index (χ4n) is 2.62. The summed E-state index contributed by atoms with van der Waals surface area (Å²) in [4.78, 5) is 28.4. The Hall–Kier alpha value is -1.88. The first kappa shape index (κ1) is 14.5. The number of rotatable bonds is 3. The lowest BCUT2D eigenvalue weighted by molar-refractivity contribution is -0.143. The minimum Gasteiger partial charge on any atom is -0.344 e. The van der Waals surface area contributed by atoms with Gasteiger partial charge in [0.25, 0.3) is 11.8 Å². The molecule has 1 unspecified atom stereocenters. The molecule has 20 heavy (non-hydrogen) atoms. The SMILES string of the molecule is Cc1ccccc1NC(=O)C1(N(C)C)CCN(C)C1=O. The standard InChI is InChI=1S/C15H21N3O2/c1-11-7-5-6-8-12(11)16-13(19)15(17(2)3)9-10-18(4)14(15)20/h5-8H,9-10H2,1-4H3,(H,16,19). The molecular weight excluding hydrogens is 254 g/mol. The van der Waals surface area contributed by atoms with Gasteiger partial charge in [-0.05, 0) is 32.6 Å². The van der Waals surface area contributed by atoms with Gasteiger partial charge in [0.2, 0.25) is 0 Å². The van der Waals surface area contributed by atoms with E-state index in [-0.39, 0.29) is 11.8 Å². The van der Waals surface area contributed by atoms with E-state index < -0.39 is 5.54 Å². The Kier molecular flexibility index (Phi) is 3.81. The Morgan fingerprint density at radius 1 is 1.35 bits per heavy atom. The van der Waals surface area contributed by atoms with Crippen LogP contribution in [-0.4, -0.2) is 54.8 Å². The third-order valence-corrected chi connectivity index (χ3v) is 4.04. The summed E-state index contributed by atoms with van der Waals surface area (Å²) in [5.41, 5.74) is 0.631. The summed E-state index contributed by atoms with van der Waals surface area (Å²) in [5, 5.41) is 2.90. The number of carbonyl (C=O) groups is 2. The molecule has 0 radical (unpaired) electrons. The van der Waals surface area contributed by atoms with Crippen molar-refractivity contribution in [1.82, 2.24) is 9.80 Å². The van der Waals surface area contributed by atoms with Crippen LogP contribution < -0.4 is 5.32 Å². The van der Waals surface area contributed by atoms with Gasteiger partial charge >= 0.3 is 0 Å². The molecule has 1 aromatic rings. The number of hydrogen-bond acceptors (Lipinski definition) is 3.